The van der Waals surface area contributed by atoms with Crippen LogP contribution in [-0.4, -0.2) is 9.88 Å². The van der Waals surface area contributed by atoms with Crippen molar-refractivity contribution in [3.8, 4) is 11.3 Å². The minimum atomic E-state index is -3.01. The zero-order valence-corrected chi connectivity index (χ0v) is 12.3. The van der Waals surface area contributed by atoms with Gasteiger partial charge in [-0.3, -0.25) is 0 Å². The number of aromatic nitrogens is 1. The normalized spacial score (nSPS) is 13.4. The first-order chi connectivity index (χ1) is 8.97. The van der Waals surface area contributed by atoms with Gasteiger partial charge in [0.05, 0.1) is 15.7 Å². The molecule has 0 aliphatic rings. The maximum atomic E-state index is 13.4. The summed E-state index contributed by atoms with van der Waals surface area (Å²) in [7, 11) is -3.01. The number of thiazole rings is 1. The highest BCUT2D eigenvalue weighted by Gasteiger charge is 2.27. The molecule has 0 amide bonds. The van der Waals surface area contributed by atoms with Crippen molar-refractivity contribution in [3.05, 3.63) is 38.6 Å². The van der Waals surface area contributed by atoms with Gasteiger partial charge in [-0.25, -0.2) is 9.37 Å². The molecule has 0 saturated carbocycles. The van der Waals surface area contributed by atoms with Gasteiger partial charge in [-0.15, -0.1) is 16.2 Å². The highest BCUT2D eigenvalue weighted by molar-refractivity contribution is 7.32. The minimum absolute atomic E-state index is 0.0431. The Labute approximate surface area is 122 Å². The molecule has 2 atom stereocenters. The Morgan fingerprint density at radius 1 is 1.42 bits per heavy atom. The third-order valence-corrected chi connectivity index (χ3v) is 4.08. The van der Waals surface area contributed by atoms with Gasteiger partial charge in [0.15, 0.2) is 5.01 Å². The van der Waals surface area contributed by atoms with Crippen LogP contribution in [0.3, 0.4) is 0 Å². The molecule has 0 radical (unpaired) electrons. The summed E-state index contributed by atoms with van der Waals surface area (Å²) >= 11 is 12.6. The van der Waals surface area contributed by atoms with Gasteiger partial charge in [-0.2, -0.15) is 0 Å². The smallest absolute Gasteiger partial charge is 0.235 e. The summed E-state index contributed by atoms with van der Waals surface area (Å²) in [6, 6.07) is 4.89. The lowest BCUT2D eigenvalue weighted by Gasteiger charge is -1.99. The average Bonchev–Trinajstić information content (AvgIpc) is 2.81. The van der Waals surface area contributed by atoms with E-state index in [-0.39, 0.29) is 5.01 Å². The van der Waals surface area contributed by atoms with E-state index in [0.717, 1.165) is 11.3 Å². The number of hydrogen-bond acceptors (Lipinski definition) is 4. The molecular weight excluding hydrogens is 335 g/mol. The second-order valence-electron chi connectivity index (χ2n) is 3.36. The summed E-state index contributed by atoms with van der Waals surface area (Å²) < 4.78 is 27.9. The third kappa shape index (κ3) is 3.69. The fraction of sp³-hybridized carbons (Fsp3) is 0.100. The van der Waals surface area contributed by atoms with Crippen LogP contribution in [0.4, 0.5) is 4.39 Å². The second kappa shape index (κ2) is 6.22. The minimum Gasteiger partial charge on any atom is -0.235 e. The summed E-state index contributed by atoms with van der Waals surface area (Å²) in [5.41, 5.74) is 1.15. The van der Waals surface area contributed by atoms with Crippen molar-refractivity contribution >= 4 is 42.8 Å². The molecule has 100 valence electrons. The molecule has 2 rings (SSSR count). The van der Waals surface area contributed by atoms with Gasteiger partial charge in [0.1, 0.15) is 0 Å². The molecular formula is C10H6Cl2FNO3PS+. The van der Waals surface area contributed by atoms with Crippen LogP contribution in [-0.2, 0) is 9.09 Å². The Bertz CT molecular complexity index is 625. The first kappa shape index (κ1) is 14.8. The molecule has 1 aromatic heterocycles. The first-order valence-electron chi connectivity index (χ1n) is 4.85. The second-order valence-corrected chi connectivity index (χ2v) is 5.75. The quantitative estimate of drug-likeness (QED) is 0.815. The van der Waals surface area contributed by atoms with Crippen LogP contribution in [0.5, 0.6) is 0 Å². The van der Waals surface area contributed by atoms with Crippen molar-refractivity contribution in [2.45, 2.75) is 6.36 Å². The van der Waals surface area contributed by atoms with Crippen molar-refractivity contribution in [3.63, 3.8) is 0 Å². The number of benzene rings is 1. The Kier molecular flexibility index (Phi) is 4.84. The van der Waals surface area contributed by atoms with E-state index < -0.39 is 14.6 Å². The average molecular weight is 341 g/mol. The number of alkyl halides is 1. The molecule has 1 aromatic carbocycles. The molecule has 0 bridgehead atoms. The predicted molar refractivity (Wildman–Crippen MR) is 72.3 cm³/mol. The van der Waals surface area contributed by atoms with E-state index in [4.69, 9.17) is 28.1 Å². The molecule has 0 aliphatic heterocycles. The lowest BCUT2D eigenvalue weighted by Crippen LogP contribution is -1.91. The van der Waals surface area contributed by atoms with E-state index in [9.17, 15) is 8.96 Å². The fourth-order valence-electron chi connectivity index (χ4n) is 1.30. The first-order valence-corrected chi connectivity index (χ1v) is 7.62. The van der Waals surface area contributed by atoms with Crippen molar-refractivity contribution in [1.82, 2.24) is 4.98 Å². The van der Waals surface area contributed by atoms with Gasteiger partial charge in [-0.05, 0) is 12.1 Å². The van der Waals surface area contributed by atoms with E-state index >= 15 is 0 Å². The van der Waals surface area contributed by atoms with Crippen LogP contribution in [0.2, 0.25) is 10.0 Å². The fourth-order valence-corrected chi connectivity index (χ4v) is 2.66. The maximum Gasteiger partial charge on any atom is 0.698 e. The Hall–Kier alpha value is -0.620. The van der Waals surface area contributed by atoms with Gasteiger partial charge in [0.25, 0.3) is 0 Å². The Morgan fingerprint density at radius 2 is 2.16 bits per heavy atom. The molecule has 0 fully saturated rings. The van der Waals surface area contributed by atoms with Gasteiger partial charge in [0.2, 0.25) is 0 Å². The van der Waals surface area contributed by atoms with Crippen LogP contribution in [0, 0.1) is 0 Å². The molecule has 0 saturated heterocycles. The van der Waals surface area contributed by atoms with Gasteiger partial charge in [-0.1, -0.05) is 33.8 Å². The summed E-state index contributed by atoms with van der Waals surface area (Å²) in [6.45, 7) is 0. The topological polar surface area (TPSA) is 59.4 Å². The summed E-state index contributed by atoms with van der Waals surface area (Å²) in [5, 5.41) is 2.32. The van der Waals surface area contributed by atoms with Crippen molar-refractivity contribution < 1.29 is 18.4 Å². The number of rotatable bonds is 4. The van der Waals surface area contributed by atoms with E-state index in [1.165, 1.54) is 0 Å². The molecule has 4 nitrogen and oxygen atoms in total. The Balaban J connectivity index is 2.25. The third-order valence-electron chi connectivity index (χ3n) is 2.11. The summed E-state index contributed by atoms with van der Waals surface area (Å²) in [6.07, 6.45) is -2.03. The predicted octanol–water partition coefficient (Wildman–Crippen LogP) is 4.75. The monoisotopic (exact) mass is 340 g/mol. The molecule has 19 heavy (non-hydrogen) atoms. The molecule has 1 N–H and O–H groups in total. The standard InChI is InChI=1S/C10H5Cl2FNO3PS/c11-6-2-1-5(3-7(6)12)8-4-19-10(14-8)9(13)17-18(15)16/h1-4,9H/p+1. The van der Waals surface area contributed by atoms with Crippen LogP contribution in [0.1, 0.15) is 11.4 Å². The van der Waals surface area contributed by atoms with Crippen LogP contribution in [0.25, 0.3) is 11.3 Å². The lowest BCUT2D eigenvalue weighted by molar-refractivity contribution is 0.0634. The van der Waals surface area contributed by atoms with Crippen molar-refractivity contribution in [1.29, 1.82) is 0 Å². The zero-order valence-electron chi connectivity index (χ0n) is 9.09. The summed E-state index contributed by atoms with van der Waals surface area (Å²) in [4.78, 5) is 12.4. The van der Waals surface area contributed by atoms with E-state index in [0.29, 0.717) is 21.3 Å². The molecule has 0 spiro atoms. The van der Waals surface area contributed by atoms with E-state index in [2.05, 4.69) is 9.51 Å². The van der Waals surface area contributed by atoms with Crippen molar-refractivity contribution in [2.24, 2.45) is 0 Å². The number of halogens is 3. The molecule has 0 aliphatic carbocycles. The number of hydrogen-bond donors (Lipinski definition) is 1. The number of nitrogens with zero attached hydrogens (tertiary/aromatic N) is 1. The molecule has 9 heteroatoms. The maximum absolute atomic E-state index is 13.4. The van der Waals surface area contributed by atoms with Crippen LogP contribution < -0.4 is 0 Å². The molecule has 1 heterocycles. The van der Waals surface area contributed by atoms with Crippen molar-refractivity contribution in [2.75, 3.05) is 0 Å². The van der Waals surface area contributed by atoms with Gasteiger partial charge in [0, 0.05) is 15.5 Å². The van der Waals surface area contributed by atoms with Gasteiger partial charge < -0.3 is 0 Å². The van der Waals surface area contributed by atoms with Crippen LogP contribution in [0.15, 0.2) is 23.6 Å². The highest BCUT2D eigenvalue weighted by atomic mass is 35.5. The SMILES string of the molecule is O=[P+](O)OC(F)c1nc(-c2ccc(Cl)c(Cl)c2)cs1. The lowest BCUT2D eigenvalue weighted by atomic mass is 10.2. The van der Waals surface area contributed by atoms with Crippen LogP contribution >= 0.6 is 42.8 Å². The van der Waals surface area contributed by atoms with E-state index in [1.807, 2.05) is 0 Å². The largest absolute Gasteiger partial charge is 0.698 e. The zero-order chi connectivity index (χ0) is 14.0. The van der Waals surface area contributed by atoms with Gasteiger partial charge >= 0.3 is 14.6 Å². The Morgan fingerprint density at radius 3 is 2.79 bits per heavy atom. The summed E-state index contributed by atoms with van der Waals surface area (Å²) in [5.74, 6) is 0. The highest BCUT2D eigenvalue weighted by Crippen LogP contribution is 2.34. The molecule has 2 unspecified atom stereocenters. The molecule has 2 aromatic rings. The van der Waals surface area contributed by atoms with E-state index in [1.54, 1.807) is 23.6 Å².